The second kappa shape index (κ2) is 9.81. The van der Waals surface area contributed by atoms with Gasteiger partial charge < -0.3 is 14.7 Å². The van der Waals surface area contributed by atoms with Crippen LogP contribution in [-0.2, 0) is 11.2 Å². The molecule has 0 fully saturated rings. The molecule has 1 aliphatic carbocycles. The van der Waals surface area contributed by atoms with Gasteiger partial charge in [0.2, 0.25) is 0 Å². The maximum absolute atomic E-state index is 11.0. The Morgan fingerprint density at radius 2 is 2.03 bits per heavy atom. The van der Waals surface area contributed by atoms with Crippen LogP contribution in [0.1, 0.15) is 41.9 Å². The molecule has 6 nitrogen and oxygen atoms in total. The van der Waals surface area contributed by atoms with Gasteiger partial charge in [0, 0.05) is 30.9 Å². The maximum atomic E-state index is 11.0. The van der Waals surface area contributed by atoms with Crippen molar-refractivity contribution >= 4 is 11.8 Å². The first-order valence-corrected chi connectivity index (χ1v) is 11.1. The van der Waals surface area contributed by atoms with Gasteiger partial charge in [-0.15, -0.1) is 0 Å². The van der Waals surface area contributed by atoms with E-state index in [1.165, 1.54) is 5.56 Å². The van der Waals surface area contributed by atoms with E-state index in [-0.39, 0.29) is 12.3 Å². The molecule has 0 amide bonds. The highest BCUT2D eigenvalue weighted by atomic mass is 16.5. The van der Waals surface area contributed by atoms with Crippen LogP contribution in [-0.4, -0.2) is 41.2 Å². The minimum Gasteiger partial charge on any atom is -0.494 e. The smallest absolute Gasteiger partial charge is 0.303 e. The molecule has 1 atom stereocenters. The maximum Gasteiger partial charge on any atom is 0.303 e. The van der Waals surface area contributed by atoms with Crippen LogP contribution in [0.15, 0.2) is 54.7 Å². The third-order valence-electron chi connectivity index (χ3n) is 5.98. The van der Waals surface area contributed by atoms with E-state index >= 15 is 0 Å². The molecule has 1 heterocycles. The monoisotopic (exact) mass is 431 g/mol. The summed E-state index contributed by atoms with van der Waals surface area (Å²) >= 11 is 0. The quantitative estimate of drug-likeness (QED) is 0.488. The number of aliphatic carboxylic acids is 1. The first-order chi connectivity index (χ1) is 15.5. The fraction of sp³-hybridized carbons (Fsp3) is 0.346. The Balaban J connectivity index is 1.31. The van der Waals surface area contributed by atoms with Crippen molar-refractivity contribution in [2.75, 3.05) is 25.1 Å². The Morgan fingerprint density at radius 3 is 2.81 bits per heavy atom. The Kier molecular flexibility index (Phi) is 6.69. The summed E-state index contributed by atoms with van der Waals surface area (Å²) in [5.41, 5.74) is 4.43. The molecule has 2 aromatic carbocycles. The second-order valence-electron chi connectivity index (χ2n) is 8.38. The molecule has 32 heavy (non-hydrogen) atoms. The van der Waals surface area contributed by atoms with Gasteiger partial charge in [-0.25, -0.2) is 9.97 Å². The molecule has 166 valence electrons. The SMILES string of the molecule is Cc1cnc(-c2ccccc2)nc1N(C)CCCOc1ccc2c(c1)CC[C@H]2CC(=O)O. The third-order valence-corrected chi connectivity index (χ3v) is 5.98. The van der Waals surface area contributed by atoms with Gasteiger partial charge in [-0.1, -0.05) is 36.4 Å². The zero-order chi connectivity index (χ0) is 22.5. The van der Waals surface area contributed by atoms with Gasteiger partial charge >= 0.3 is 5.97 Å². The van der Waals surface area contributed by atoms with Crippen LogP contribution >= 0.6 is 0 Å². The summed E-state index contributed by atoms with van der Waals surface area (Å²) in [4.78, 5) is 22.4. The molecular formula is C26H29N3O3. The van der Waals surface area contributed by atoms with Crippen molar-refractivity contribution in [3.8, 4) is 17.1 Å². The molecule has 0 radical (unpaired) electrons. The van der Waals surface area contributed by atoms with Crippen molar-refractivity contribution in [1.82, 2.24) is 9.97 Å². The number of aryl methyl sites for hydroxylation is 2. The average molecular weight is 432 g/mol. The minimum absolute atomic E-state index is 0.127. The predicted molar refractivity (Wildman–Crippen MR) is 125 cm³/mol. The lowest BCUT2D eigenvalue weighted by Gasteiger charge is -2.20. The fourth-order valence-corrected chi connectivity index (χ4v) is 4.34. The topological polar surface area (TPSA) is 75.5 Å². The number of carbonyl (C=O) groups is 1. The van der Waals surface area contributed by atoms with Crippen molar-refractivity contribution in [3.63, 3.8) is 0 Å². The molecule has 1 N–H and O–H groups in total. The Hall–Kier alpha value is -3.41. The Morgan fingerprint density at radius 1 is 1.22 bits per heavy atom. The second-order valence-corrected chi connectivity index (χ2v) is 8.38. The predicted octanol–water partition coefficient (Wildman–Crippen LogP) is 4.86. The summed E-state index contributed by atoms with van der Waals surface area (Å²) in [6.45, 7) is 3.45. The number of rotatable bonds is 9. The summed E-state index contributed by atoms with van der Waals surface area (Å²) in [5, 5.41) is 9.08. The van der Waals surface area contributed by atoms with E-state index in [1.807, 2.05) is 62.6 Å². The first-order valence-electron chi connectivity index (χ1n) is 11.1. The Bertz CT molecular complexity index is 1080. The number of carboxylic acid groups (broad SMARTS) is 1. The highest BCUT2D eigenvalue weighted by Crippen LogP contribution is 2.37. The Labute approximate surface area is 188 Å². The molecule has 0 bridgehead atoms. The standard InChI is InChI=1S/C26H29N3O3/c1-18-17-27-25(19-7-4-3-5-8-19)28-26(18)29(2)13-6-14-32-22-11-12-23-20(15-22)9-10-21(23)16-24(30)31/h3-5,7-8,11-12,15,17,21H,6,9-10,13-14,16H2,1-2H3,(H,30,31)/t21-/m0/s1. The number of hydrogen-bond donors (Lipinski definition) is 1. The molecule has 1 aromatic heterocycles. The van der Waals surface area contributed by atoms with Gasteiger partial charge in [0.15, 0.2) is 5.82 Å². The van der Waals surface area contributed by atoms with Gasteiger partial charge in [0.05, 0.1) is 13.0 Å². The van der Waals surface area contributed by atoms with Crippen LogP contribution in [0.4, 0.5) is 5.82 Å². The number of hydrogen-bond acceptors (Lipinski definition) is 5. The van der Waals surface area contributed by atoms with Crippen LogP contribution in [0.2, 0.25) is 0 Å². The number of nitrogens with zero attached hydrogens (tertiary/aromatic N) is 3. The van der Waals surface area contributed by atoms with Gasteiger partial charge in [0.1, 0.15) is 11.6 Å². The molecule has 1 aliphatic rings. The van der Waals surface area contributed by atoms with E-state index in [1.54, 1.807) is 0 Å². The number of anilines is 1. The normalized spacial score (nSPS) is 14.8. The summed E-state index contributed by atoms with van der Waals surface area (Å²) in [7, 11) is 2.04. The first kappa shape index (κ1) is 21.8. The molecule has 0 saturated heterocycles. The average Bonchev–Trinajstić information content (AvgIpc) is 3.19. The van der Waals surface area contributed by atoms with Crippen molar-refractivity contribution < 1.29 is 14.6 Å². The number of fused-ring (bicyclic) bond motifs is 1. The molecule has 0 unspecified atom stereocenters. The van der Waals surface area contributed by atoms with Gasteiger partial charge in [-0.05, 0) is 55.4 Å². The van der Waals surface area contributed by atoms with Crippen LogP contribution in [0.3, 0.4) is 0 Å². The van der Waals surface area contributed by atoms with Crippen LogP contribution in [0.25, 0.3) is 11.4 Å². The van der Waals surface area contributed by atoms with E-state index in [9.17, 15) is 4.79 Å². The van der Waals surface area contributed by atoms with Crippen LogP contribution in [0, 0.1) is 6.92 Å². The highest BCUT2D eigenvalue weighted by molar-refractivity contribution is 5.68. The van der Waals surface area contributed by atoms with E-state index in [0.717, 1.165) is 59.9 Å². The minimum atomic E-state index is -0.734. The molecule has 0 aliphatic heterocycles. The lowest BCUT2D eigenvalue weighted by Crippen LogP contribution is -2.22. The molecule has 4 rings (SSSR count). The molecular weight excluding hydrogens is 402 g/mol. The molecule has 3 aromatic rings. The van der Waals surface area contributed by atoms with Crippen molar-refractivity contribution in [2.24, 2.45) is 0 Å². The molecule has 0 saturated carbocycles. The third kappa shape index (κ3) is 5.07. The number of carboxylic acids is 1. The largest absolute Gasteiger partial charge is 0.494 e. The number of aromatic nitrogens is 2. The zero-order valence-corrected chi connectivity index (χ0v) is 18.6. The van der Waals surface area contributed by atoms with Crippen LogP contribution in [0.5, 0.6) is 5.75 Å². The van der Waals surface area contributed by atoms with Gasteiger partial charge in [-0.3, -0.25) is 4.79 Å². The van der Waals surface area contributed by atoms with E-state index in [4.69, 9.17) is 14.8 Å². The van der Waals surface area contributed by atoms with Crippen LogP contribution < -0.4 is 9.64 Å². The zero-order valence-electron chi connectivity index (χ0n) is 18.6. The van der Waals surface area contributed by atoms with E-state index in [0.29, 0.717) is 6.61 Å². The van der Waals surface area contributed by atoms with E-state index < -0.39 is 5.97 Å². The lowest BCUT2D eigenvalue weighted by molar-refractivity contribution is -0.137. The summed E-state index contributed by atoms with van der Waals surface area (Å²) in [6.07, 6.45) is 4.76. The van der Waals surface area contributed by atoms with Gasteiger partial charge in [-0.2, -0.15) is 0 Å². The van der Waals surface area contributed by atoms with Gasteiger partial charge in [0.25, 0.3) is 0 Å². The highest BCUT2D eigenvalue weighted by Gasteiger charge is 2.24. The lowest BCUT2D eigenvalue weighted by atomic mass is 9.98. The summed E-state index contributed by atoms with van der Waals surface area (Å²) < 4.78 is 5.98. The van der Waals surface area contributed by atoms with Crippen molar-refractivity contribution in [2.45, 2.75) is 38.5 Å². The summed E-state index contributed by atoms with van der Waals surface area (Å²) in [6, 6.07) is 16.1. The van der Waals surface area contributed by atoms with E-state index in [2.05, 4.69) is 16.0 Å². The molecule has 0 spiro atoms. The number of benzene rings is 2. The van der Waals surface area contributed by atoms with Crippen molar-refractivity contribution in [3.05, 3.63) is 71.4 Å². The van der Waals surface area contributed by atoms with Crippen molar-refractivity contribution in [1.29, 1.82) is 0 Å². The summed E-state index contributed by atoms with van der Waals surface area (Å²) in [5.74, 6) is 1.91. The number of ether oxygens (including phenoxy) is 1. The fourth-order valence-electron chi connectivity index (χ4n) is 4.34. The molecule has 6 heteroatoms.